The van der Waals surface area contributed by atoms with Gasteiger partial charge in [-0.25, -0.2) is 4.99 Å². The lowest BCUT2D eigenvalue weighted by Crippen LogP contribution is -2.25. The fourth-order valence-electron chi connectivity index (χ4n) is 2.61. The standard InChI is InChI=1S/C20H21ClN4OS/c1-14(26)22-11-3-4-15-7-9-16(10-8-15)19-13-27-20(25-24-19)23-18-6-2-5-17(21)12-18/h2,5-10,12H,3-4,11,13H2,1H3,(H,22,26)(H,23,25). The Hall–Kier alpha value is -2.31. The summed E-state index contributed by atoms with van der Waals surface area (Å²) in [5, 5.41) is 8.70. The zero-order chi connectivity index (χ0) is 19.1. The minimum Gasteiger partial charge on any atom is -0.356 e. The summed E-state index contributed by atoms with van der Waals surface area (Å²) in [5.41, 5.74) is 7.17. The molecule has 27 heavy (non-hydrogen) atoms. The average molecular weight is 401 g/mol. The van der Waals surface area contributed by atoms with Gasteiger partial charge in [-0.05, 0) is 42.2 Å². The highest BCUT2D eigenvalue weighted by atomic mass is 35.5. The van der Waals surface area contributed by atoms with Crippen LogP contribution < -0.4 is 10.7 Å². The Kier molecular flexibility index (Phi) is 6.90. The van der Waals surface area contributed by atoms with Crippen LogP contribution in [0.15, 0.2) is 58.6 Å². The number of hydrogen-bond donors (Lipinski definition) is 2. The molecule has 0 fully saturated rings. The molecule has 3 rings (SSSR count). The first kappa shape index (κ1) is 19.5. The highest BCUT2D eigenvalue weighted by Crippen LogP contribution is 2.21. The number of carbonyl (C=O) groups is 1. The van der Waals surface area contributed by atoms with Gasteiger partial charge in [-0.15, -0.1) is 0 Å². The molecule has 0 bridgehead atoms. The molecule has 2 aromatic rings. The summed E-state index contributed by atoms with van der Waals surface area (Å²) >= 11 is 7.61. The van der Waals surface area contributed by atoms with Gasteiger partial charge in [0.25, 0.3) is 0 Å². The van der Waals surface area contributed by atoms with Gasteiger partial charge < -0.3 is 5.32 Å². The van der Waals surface area contributed by atoms with Crippen LogP contribution in [0.3, 0.4) is 0 Å². The lowest BCUT2D eigenvalue weighted by atomic mass is 10.1. The highest BCUT2D eigenvalue weighted by Gasteiger charge is 2.13. The van der Waals surface area contributed by atoms with E-state index < -0.39 is 0 Å². The Morgan fingerprint density at radius 3 is 2.78 bits per heavy atom. The number of aryl methyl sites for hydroxylation is 1. The largest absolute Gasteiger partial charge is 0.356 e. The molecular weight excluding hydrogens is 380 g/mol. The molecule has 2 aromatic carbocycles. The predicted molar refractivity (Wildman–Crippen MR) is 114 cm³/mol. The maximum absolute atomic E-state index is 10.9. The Bertz CT molecular complexity index is 865. The van der Waals surface area contributed by atoms with Crippen molar-refractivity contribution in [2.75, 3.05) is 12.3 Å². The van der Waals surface area contributed by atoms with Gasteiger partial charge in [-0.2, -0.15) is 5.10 Å². The summed E-state index contributed by atoms with van der Waals surface area (Å²) in [5.74, 6) is 0.776. The number of carbonyl (C=O) groups excluding carboxylic acids is 1. The molecule has 7 heteroatoms. The topological polar surface area (TPSA) is 65.8 Å². The van der Waals surface area contributed by atoms with Gasteiger partial charge in [0.1, 0.15) is 0 Å². The molecule has 0 spiro atoms. The minimum absolute atomic E-state index is 0.0175. The van der Waals surface area contributed by atoms with Crippen LogP contribution in [0.4, 0.5) is 5.69 Å². The van der Waals surface area contributed by atoms with E-state index >= 15 is 0 Å². The first-order valence-corrected chi connectivity index (χ1v) is 10.1. The van der Waals surface area contributed by atoms with Crippen molar-refractivity contribution in [2.45, 2.75) is 19.8 Å². The molecule has 0 saturated heterocycles. The first-order valence-electron chi connectivity index (χ1n) is 8.73. The third kappa shape index (κ3) is 6.12. The Labute approximate surface area is 168 Å². The maximum Gasteiger partial charge on any atom is 0.216 e. The fraction of sp³-hybridized carbons (Fsp3) is 0.250. The van der Waals surface area contributed by atoms with Crippen LogP contribution in [0.5, 0.6) is 0 Å². The molecule has 1 amide bonds. The van der Waals surface area contributed by atoms with Crippen LogP contribution in [0, 0.1) is 0 Å². The van der Waals surface area contributed by atoms with Gasteiger partial charge in [0, 0.05) is 24.2 Å². The summed E-state index contributed by atoms with van der Waals surface area (Å²) in [6.45, 7) is 2.25. The zero-order valence-electron chi connectivity index (χ0n) is 15.0. The second kappa shape index (κ2) is 9.58. The summed E-state index contributed by atoms with van der Waals surface area (Å²) in [6.07, 6.45) is 1.87. The van der Waals surface area contributed by atoms with E-state index in [-0.39, 0.29) is 5.91 Å². The van der Waals surface area contributed by atoms with Crippen LogP contribution in [0.25, 0.3) is 0 Å². The fourth-order valence-corrected chi connectivity index (χ4v) is 3.57. The number of rotatable bonds is 6. The Morgan fingerprint density at radius 2 is 2.11 bits per heavy atom. The number of benzene rings is 2. The lowest BCUT2D eigenvalue weighted by Gasteiger charge is -2.15. The SMILES string of the molecule is CC(=O)NCCCc1ccc(C2=NNC(=Nc3cccc(Cl)c3)SC2)cc1. The van der Waals surface area contributed by atoms with Gasteiger partial charge in [0.05, 0.1) is 11.4 Å². The molecule has 0 saturated carbocycles. The normalized spacial score (nSPS) is 15.2. The molecule has 5 nitrogen and oxygen atoms in total. The number of amides is 1. The van der Waals surface area contributed by atoms with Gasteiger partial charge >= 0.3 is 0 Å². The average Bonchev–Trinajstić information content (AvgIpc) is 2.66. The highest BCUT2D eigenvalue weighted by molar-refractivity contribution is 8.14. The minimum atomic E-state index is 0.0175. The molecule has 1 aliphatic heterocycles. The van der Waals surface area contributed by atoms with Crippen molar-refractivity contribution in [1.82, 2.24) is 10.7 Å². The number of thioether (sulfide) groups is 1. The number of nitrogens with one attached hydrogen (secondary N) is 2. The van der Waals surface area contributed by atoms with Gasteiger partial charge in [-0.1, -0.05) is 53.7 Å². The van der Waals surface area contributed by atoms with Crippen molar-refractivity contribution in [3.8, 4) is 0 Å². The van der Waals surface area contributed by atoms with E-state index in [4.69, 9.17) is 11.6 Å². The Morgan fingerprint density at radius 1 is 1.30 bits per heavy atom. The van der Waals surface area contributed by atoms with Gasteiger partial charge in [-0.3, -0.25) is 10.2 Å². The molecule has 1 heterocycles. The second-order valence-electron chi connectivity index (χ2n) is 6.14. The van der Waals surface area contributed by atoms with Crippen molar-refractivity contribution in [3.63, 3.8) is 0 Å². The van der Waals surface area contributed by atoms with E-state index in [1.165, 1.54) is 12.5 Å². The van der Waals surface area contributed by atoms with Gasteiger partial charge in [0.15, 0.2) is 5.17 Å². The summed E-state index contributed by atoms with van der Waals surface area (Å²) in [4.78, 5) is 15.4. The molecular formula is C20H21ClN4OS. The van der Waals surface area contributed by atoms with Crippen molar-refractivity contribution in [3.05, 3.63) is 64.7 Å². The third-order valence-electron chi connectivity index (χ3n) is 3.97. The lowest BCUT2D eigenvalue weighted by molar-refractivity contribution is -0.118. The quantitative estimate of drug-likeness (QED) is 0.716. The van der Waals surface area contributed by atoms with E-state index in [0.717, 1.165) is 40.7 Å². The molecule has 140 valence electrons. The third-order valence-corrected chi connectivity index (χ3v) is 5.08. The monoisotopic (exact) mass is 400 g/mol. The predicted octanol–water partition coefficient (Wildman–Crippen LogP) is 4.14. The molecule has 0 aliphatic carbocycles. The van der Waals surface area contributed by atoms with E-state index in [0.29, 0.717) is 11.6 Å². The number of aliphatic imine (C=N–C) groups is 1. The van der Waals surface area contributed by atoms with Crippen molar-refractivity contribution in [1.29, 1.82) is 0 Å². The molecule has 0 aromatic heterocycles. The van der Waals surface area contributed by atoms with Crippen LogP contribution in [-0.2, 0) is 11.2 Å². The van der Waals surface area contributed by atoms with Crippen molar-refractivity contribution >= 4 is 45.8 Å². The number of halogens is 1. The van der Waals surface area contributed by atoms with E-state index in [1.807, 2.05) is 24.3 Å². The number of amidine groups is 1. The van der Waals surface area contributed by atoms with Crippen molar-refractivity contribution in [2.24, 2.45) is 10.1 Å². The zero-order valence-corrected chi connectivity index (χ0v) is 16.6. The Balaban J connectivity index is 1.56. The summed E-state index contributed by atoms with van der Waals surface area (Å²) in [7, 11) is 0. The molecule has 2 N–H and O–H groups in total. The van der Waals surface area contributed by atoms with Crippen LogP contribution in [0.1, 0.15) is 24.5 Å². The van der Waals surface area contributed by atoms with Crippen LogP contribution in [-0.4, -0.2) is 29.1 Å². The molecule has 0 radical (unpaired) electrons. The van der Waals surface area contributed by atoms with Crippen LogP contribution >= 0.6 is 23.4 Å². The van der Waals surface area contributed by atoms with Crippen LogP contribution in [0.2, 0.25) is 5.02 Å². The van der Waals surface area contributed by atoms with Crippen molar-refractivity contribution < 1.29 is 4.79 Å². The van der Waals surface area contributed by atoms with E-state index in [9.17, 15) is 4.79 Å². The second-order valence-corrected chi connectivity index (χ2v) is 7.54. The molecule has 1 aliphatic rings. The molecule has 0 unspecified atom stereocenters. The summed E-state index contributed by atoms with van der Waals surface area (Å²) < 4.78 is 0. The number of hydrogen-bond acceptors (Lipinski definition) is 4. The number of nitrogens with zero attached hydrogens (tertiary/aromatic N) is 2. The smallest absolute Gasteiger partial charge is 0.216 e. The van der Waals surface area contributed by atoms with Gasteiger partial charge in [0.2, 0.25) is 5.91 Å². The first-order chi connectivity index (χ1) is 13.1. The van der Waals surface area contributed by atoms with E-state index in [1.54, 1.807) is 11.8 Å². The summed E-state index contributed by atoms with van der Waals surface area (Å²) in [6, 6.07) is 15.8. The maximum atomic E-state index is 10.9. The molecule has 0 atom stereocenters. The number of hydrazone groups is 1. The van der Waals surface area contributed by atoms with E-state index in [2.05, 4.69) is 45.1 Å².